The second-order valence-corrected chi connectivity index (χ2v) is 6.05. The minimum Gasteiger partial charge on any atom is -0.348 e. The molecule has 0 bridgehead atoms. The predicted octanol–water partition coefficient (Wildman–Crippen LogP) is 2.77. The van der Waals surface area contributed by atoms with Crippen LogP contribution in [-0.2, 0) is 7.05 Å². The molecule has 0 saturated carbocycles. The summed E-state index contributed by atoms with van der Waals surface area (Å²) < 4.78 is 1.80. The Labute approximate surface area is 120 Å². The van der Waals surface area contributed by atoms with Crippen LogP contribution in [0.25, 0.3) is 11.0 Å². The molecule has 4 rings (SSSR count). The highest BCUT2D eigenvalue weighted by atomic mass is 32.1. The maximum Gasteiger partial charge on any atom is 0.163 e. The molecule has 0 aliphatic carbocycles. The molecule has 0 aromatic carbocycles. The van der Waals surface area contributed by atoms with Crippen molar-refractivity contribution in [3.05, 3.63) is 34.9 Å². The second-order valence-electron chi connectivity index (χ2n) is 5.07. The van der Waals surface area contributed by atoms with E-state index in [4.69, 9.17) is 0 Å². The summed E-state index contributed by atoms with van der Waals surface area (Å²) in [6.07, 6.45) is 5.90. The van der Waals surface area contributed by atoms with Crippen molar-refractivity contribution in [3.8, 4) is 0 Å². The molecule has 6 heteroatoms. The van der Waals surface area contributed by atoms with E-state index in [0.717, 1.165) is 23.4 Å². The molecule has 1 aliphatic heterocycles. The summed E-state index contributed by atoms with van der Waals surface area (Å²) in [5.41, 5.74) is 0.895. The van der Waals surface area contributed by atoms with Crippen molar-refractivity contribution in [3.63, 3.8) is 0 Å². The molecule has 102 valence electrons. The maximum atomic E-state index is 4.53. The zero-order valence-corrected chi connectivity index (χ0v) is 12.0. The van der Waals surface area contributed by atoms with Gasteiger partial charge in [0.15, 0.2) is 5.65 Å². The molecule has 3 aromatic heterocycles. The molecule has 0 spiro atoms. The van der Waals surface area contributed by atoms with E-state index in [2.05, 4.69) is 37.5 Å². The summed E-state index contributed by atoms with van der Waals surface area (Å²) >= 11 is 1.82. The predicted molar refractivity (Wildman–Crippen MR) is 79.9 cm³/mol. The maximum absolute atomic E-state index is 4.53. The molecule has 0 unspecified atom stereocenters. The normalized spacial score (nSPS) is 19.1. The van der Waals surface area contributed by atoms with Crippen LogP contribution in [0.15, 0.2) is 30.0 Å². The summed E-state index contributed by atoms with van der Waals surface area (Å²) in [4.78, 5) is 12.7. The first kappa shape index (κ1) is 11.8. The summed E-state index contributed by atoms with van der Waals surface area (Å²) in [6.45, 7) is 1.05. The summed E-state index contributed by atoms with van der Waals surface area (Å²) in [7, 11) is 1.92. The van der Waals surface area contributed by atoms with E-state index in [9.17, 15) is 0 Å². The van der Waals surface area contributed by atoms with Crippen molar-refractivity contribution in [2.24, 2.45) is 7.05 Å². The van der Waals surface area contributed by atoms with E-state index in [0.29, 0.717) is 6.04 Å². The molecule has 3 aromatic rings. The van der Waals surface area contributed by atoms with Crippen LogP contribution in [-0.4, -0.2) is 26.3 Å². The van der Waals surface area contributed by atoms with Crippen LogP contribution in [0.2, 0.25) is 0 Å². The second kappa shape index (κ2) is 4.56. The Kier molecular flexibility index (Phi) is 2.70. The fraction of sp³-hybridized carbons (Fsp3) is 0.357. The highest BCUT2D eigenvalue weighted by molar-refractivity contribution is 7.10. The van der Waals surface area contributed by atoms with Crippen molar-refractivity contribution in [1.82, 2.24) is 19.7 Å². The van der Waals surface area contributed by atoms with Crippen LogP contribution in [0.1, 0.15) is 23.8 Å². The average molecular weight is 285 g/mol. The first-order valence-corrected chi connectivity index (χ1v) is 7.65. The largest absolute Gasteiger partial charge is 0.348 e. The summed E-state index contributed by atoms with van der Waals surface area (Å²) in [5.74, 6) is 1.01. The van der Waals surface area contributed by atoms with Gasteiger partial charge in [0, 0.05) is 18.5 Å². The van der Waals surface area contributed by atoms with E-state index in [-0.39, 0.29) is 0 Å². The number of aromatic nitrogens is 4. The number of fused-ring (bicyclic) bond motifs is 1. The minimum absolute atomic E-state index is 0.438. The van der Waals surface area contributed by atoms with Gasteiger partial charge in [-0.05, 0) is 24.3 Å². The van der Waals surface area contributed by atoms with Crippen LogP contribution < -0.4 is 4.90 Å². The highest BCUT2D eigenvalue weighted by Crippen LogP contribution is 2.39. The lowest BCUT2D eigenvalue weighted by atomic mass is 10.2. The van der Waals surface area contributed by atoms with E-state index in [1.807, 2.05) is 24.6 Å². The van der Waals surface area contributed by atoms with Gasteiger partial charge in [0.2, 0.25) is 0 Å². The molecule has 1 saturated heterocycles. The quantitative estimate of drug-likeness (QED) is 0.726. The zero-order valence-electron chi connectivity index (χ0n) is 11.2. The van der Waals surface area contributed by atoms with Gasteiger partial charge in [0.1, 0.15) is 12.1 Å². The molecule has 5 nitrogen and oxygen atoms in total. The Morgan fingerprint density at radius 3 is 3.15 bits per heavy atom. The zero-order chi connectivity index (χ0) is 13.5. The molecule has 0 amide bonds. The molecular weight excluding hydrogens is 270 g/mol. The first-order chi connectivity index (χ1) is 9.84. The number of nitrogens with zero attached hydrogens (tertiary/aromatic N) is 5. The lowest BCUT2D eigenvalue weighted by Gasteiger charge is -2.25. The molecule has 20 heavy (non-hydrogen) atoms. The van der Waals surface area contributed by atoms with Crippen molar-refractivity contribution in [2.75, 3.05) is 11.4 Å². The number of thiophene rings is 1. The van der Waals surface area contributed by atoms with Gasteiger partial charge in [-0.15, -0.1) is 11.3 Å². The SMILES string of the molecule is Cn1ncc2c(N3CCC[C@H]3c3cccs3)ncnc21. The molecule has 0 radical (unpaired) electrons. The van der Waals surface area contributed by atoms with E-state index in [1.165, 1.54) is 17.7 Å². The monoisotopic (exact) mass is 285 g/mol. The third kappa shape index (κ3) is 1.71. The van der Waals surface area contributed by atoms with Crippen LogP contribution in [0.5, 0.6) is 0 Å². The Hall–Kier alpha value is -1.95. The van der Waals surface area contributed by atoms with Crippen LogP contribution in [0.3, 0.4) is 0 Å². The number of hydrogen-bond donors (Lipinski definition) is 0. The van der Waals surface area contributed by atoms with Gasteiger partial charge in [-0.3, -0.25) is 4.68 Å². The molecule has 1 fully saturated rings. The average Bonchev–Trinajstić information content (AvgIpc) is 3.18. The summed E-state index contributed by atoms with van der Waals surface area (Å²) in [6, 6.07) is 4.78. The number of rotatable bonds is 2. The van der Waals surface area contributed by atoms with Gasteiger partial charge in [-0.1, -0.05) is 6.07 Å². The van der Waals surface area contributed by atoms with Gasteiger partial charge >= 0.3 is 0 Å². The Bertz CT molecular complexity index is 733. The highest BCUT2D eigenvalue weighted by Gasteiger charge is 2.29. The third-order valence-corrected chi connectivity index (χ3v) is 4.88. The van der Waals surface area contributed by atoms with Crippen molar-refractivity contribution < 1.29 is 0 Å². The number of aryl methyl sites for hydroxylation is 1. The molecule has 0 N–H and O–H groups in total. The molecule has 1 aliphatic rings. The Morgan fingerprint density at radius 2 is 2.30 bits per heavy atom. The van der Waals surface area contributed by atoms with Gasteiger partial charge in [0.25, 0.3) is 0 Å². The standard InChI is InChI=1S/C14H15N5S/c1-18-13-10(8-17-18)14(16-9-15-13)19-6-2-4-11(19)12-5-3-7-20-12/h3,5,7-9,11H,2,4,6H2,1H3/t11-/m0/s1. The smallest absolute Gasteiger partial charge is 0.163 e. The topological polar surface area (TPSA) is 46.8 Å². The van der Waals surface area contributed by atoms with Gasteiger partial charge in [0.05, 0.1) is 17.6 Å². The molecule has 4 heterocycles. The lowest BCUT2D eigenvalue weighted by Crippen LogP contribution is -2.23. The van der Waals surface area contributed by atoms with Gasteiger partial charge < -0.3 is 4.90 Å². The number of hydrogen-bond acceptors (Lipinski definition) is 5. The minimum atomic E-state index is 0.438. The Balaban J connectivity index is 1.82. The van der Waals surface area contributed by atoms with Gasteiger partial charge in [-0.25, -0.2) is 9.97 Å². The fourth-order valence-corrected chi connectivity index (χ4v) is 3.85. The number of anilines is 1. The van der Waals surface area contributed by atoms with Crippen molar-refractivity contribution >= 4 is 28.2 Å². The Morgan fingerprint density at radius 1 is 1.35 bits per heavy atom. The van der Waals surface area contributed by atoms with Gasteiger partial charge in [-0.2, -0.15) is 5.10 Å². The van der Waals surface area contributed by atoms with Crippen LogP contribution >= 0.6 is 11.3 Å². The molecule has 1 atom stereocenters. The molecular formula is C14H15N5S. The van der Waals surface area contributed by atoms with Crippen molar-refractivity contribution in [2.45, 2.75) is 18.9 Å². The third-order valence-electron chi connectivity index (χ3n) is 3.90. The first-order valence-electron chi connectivity index (χ1n) is 6.77. The van der Waals surface area contributed by atoms with E-state index in [1.54, 1.807) is 11.0 Å². The van der Waals surface area contributed by atoms with Crippen LogP contribution in [0, 0.1) is 0 Å². The van der Waals surface area contributed by atoms with E-state index < -0.39 is 0 Å². The lowest BCUT2D eigenvalue weighted by molar-refractivity contribution is 0.726. The van der Waals surface area contributed by atoms with Crippen LogP contribution in [0.4, 0.5) is 5.82 Å². The van der Waals surface area contributed by atoms with Crippen molar-refractivity contribution in [1.29, 1.82) is 0 Å². The summed E-state index contributed by atoms with van der Waals surface area (Å²) in [5, 5.41) is 7.49. The van der Waals surface area contributed by atoms with E-state index >= 15 is 0 Å². The fourth-order valence-electron chi connectivity index (χ4n) is 2.98.